The van der Waals surface area contributed by atoms with E-state index >= 15 is 0 Å². The van der Waals surface area contributed by atoms with Gasteiger partial charge in [-0.2, -0.15) is 14.6 Å². The lowest BCUT2D eigenvalue weighted by atomic mass is 10.1. The summed E-state index contributed by atoms with van der Waals surface area (Å²) in [6, 6.07) is 5.57. The van der Waals surface area contributed by atoms with E-state index in [1.54, 1.807) is 19.9 Å². The van der Waals surface area contributed by atoms with Crippen molar-refractivity contribution in [1.29, 1.82) is 5.26 Å². The number of amides is 1. The summed E-state index contributed by atoms with van der Waals surface area (Å²) >= 11 is 12.8. The second-order valence-corrected chi connectivity index (χ2v) is 9.41. The zero-order valence-corrected chi connectivity index (χ0v) is 23.0. The highest BCUT2D eigenvalue weighted by Gasteiger charge is 2.21. The molecule has 3 aromatic rings. The van der Waals surface area contributed by atoms with E-state index in [0.29, 0.717) is 12.1 Å². The lowest BCUT2D eigenvalue weighted by molar-refractivity contribution is 0.0554. The molecule has 0 saturated heterocycles. The lowest BCUT2D eigenvalue weighted by Crippen LogP contribution is -2.34. The highest BCUT2D eigenvalue weighted by atomic mass is 35.5. The Morgan fingerprint density at radius 1 is 1.15 bits per heavy atom. The first-order chi connectivity index (χ1) is 18.5. The first kappa shape index (κ1) is 29.4. The molecule has 1 atom stereocenters. The molecular weight excluding hydrogens is 553 g/mol. The number of nitrogens with one attached hydrogen (secondary N) is 2. The molecule has 0 spiro atoms. The first-order valence-electron chi connectivity index (χ1n) is 11.9. The van der Waals surface area contributed by atoms with Gasteiger partial charge in [0.2, 0.25) is 11.6 Å². The van der Waals surface area contributed by atoms with E-state index < -0.39 is 34.8 Å². The molecule has 0 fully saturated rings. The predicted octanol–water partition coefficient (Wildman–Crippen LogP) is 3.62. The quantitative estimate of drug-likeness (QED) is 0.360. The maximum absolute atomic E-state index is 13.0. The van der Waals surface area contributed by atoms with Crippen LogP contribution in [0.5, 0.6) is 11.6 Å². The number of rotatable bonds is 9. The minimum atomic E-state index is -1.07. The van der Waals surface area contributed by atoms with Gasteiger partial charge in [0.1, 0.15) is 6.07 Å². The minimum absolute atomic E-state index is 0.0482. The maximum atomic E-state index is 13.0. The monoisotopic (exact) mass is 577 g/mol. The van der Waals surface area contributed by atoms with Gasteiger partial charge in [0.25, 0.3) is 11.1 Å². The third-order valence-corrected chi connectivity index (χ3v) is 5.91. The van der Waals surface area contributed by atoms with Crippen molar-refractivity contribution < 1.29 is 14.3 Å². The van der Waals surface area contributed by atoms with Crippen molar-refractivity contribution in [3.8, 4) is 23.4 Å². The Bertz CT molecular complexity index is 1580. The van der Waals surface area contributed by atoms with Crippen molar-refractivity contribution in [3.05, 3.63) is 70.7 Å². The number of alkyl carbamates (subject to hydrolysis) is 1. The summed E-state index contributed by atoms with van der Waals surface area (Å²) in [7, 11) is 0. The molecule has 0 aliphatic heterocycles. The highest BCUT2D eigenvalue weighted by Crippen LogP contribution is 2.37. The average Bonchev–Trinajstić information content (AvgIpc) is 2.86. The van der Waals surface area contributed by atoms with Gasteiger partial charge < -0.3 is 14.8 Å². The van der Waals surface area contributed by atoms with Gasteiger partial charge in [0.05, 0.1) is 15.7 Å². The summed E-state index contributed by atoms with van der Waals surface area (Å²) in [5.74, 6) is -0.360. The smallest absolute Gasteiger partial charge is 0.409 e. The van der Waals surface area contributed by atoms with Gasteiger partial charge in [-0.15, -0.1) is 10.2 Å². The summed E-state index contributed by atoms with van der Waals surface area (Å²) < 4.78 is 12.9. The van der Waals surface area contributed by atoms with Gasteiger partial charge in [-0.3, -0.25) is 14.6 Å². The standard InChI is InChI=1S/C24H25Cl2N7O6/c1-5-6-7-28-24(37)38-13(4)32-22(35)15(12(2)3)10-19(31-32)39-20-16(25)8-14(9-17(20)26)33-23(36)29-21(34)18(11-27)30-33/h8-10,12-13H,5-7H2,1-4H3,(H,28,37)(H,29,34,36). The van der Waals surface area contributed by atoms with Crippen LogP contribution >= 0.6 is 23.2 Å². The van der Waals surface area contributed by atoms with E-state index in [-0.39, 0.29) is 33.3 Å². The SMILES string of the molecule is CCCCNC(=O)OC(C)n1nc(Oc2c(Cl)cc(-n3nc(C#N)c(=O)[nH]c3=O)cc2Cl)cc(C(C)C)c1=O. The fourth-order valence-corrected chi connectivity index (χ4v) is 3.90. The molecule has 39 heavy (non-hydrogen) atoms. The van der Waals surface area contributed by atoms with Crippen LogP contribution in [0, 0.1) is 11.3 Å². The molecular formula is C24H25Cl2N7O6. The molecule has 1 aromatic carbocycles. The molecule has 0 saturated carbocycles. The van der Waals surface area contributed by atoms with Crippen molar-refractivity contribution >= 4 is 29.3 Å². The zero-order chi connectivity index (χ0) is 28.9. The van der Waals surface area contributed by atoms with E-state index in [1.165, 1.54) is 25.1 Å². The predicted molar refractivity (Wildman–Crippen MR) is 142 cm³/mol. The topological polar surface area (TPSA) is 174 Å². The Kier molecular flexibility index (Phi) is 9.50. The molecule has 0 radical (unpaired) electrons. The van der Waals surface area contributed by atoms with Crippen LogP contribution in [0.2, 0.25) is 10.0 Å². The normalized spacial score (nSPS) is 11.6. The van der Waals surface area contributed by atoms with Crippen LogP contribution in [0.1, 0.15) is 63.9 Å². The van der Waals surface area contributed by atoms with E-state index in [1.807, 2.05) is 11.9 Å². The molecule has 0 bridgehead atoms. The van der Waals surface area contributed by atoms with Crippen LogP contribution < -0.4 is 26.9 Å². The van der Waals surface area contributed by atoms with E-state index in [9.17, 15) is 19.2 Å². The minimum Gasteiger partial charge on any atom is -0.434 e. The van der Waals surface area contributed by atoms with Crippen molar-refractivity contribution in [2.45, 2.75) is 52.7 Å². The Morgan fingerprint density at radius 2 is 1.82 bits per heavy atom. The molecule has 0 aliphatic rings. The third kappa shape index (κ3) is 6.84. The molecule has 3 rings (SSSR count). The largest absolute Gasteiger partial charge is 0.434 e. The zero-order valence-electron chi connectivity index (χ0n) is 21.4. The maximum Gasteiger partial charge on any atom is 0.409 e. The number of nitriles is 1. The van der Waals surface area contributed by atoms with Crippen LogP contribution in [0.3, 0.4) is 0 Å². The number of halogens is 2. The third-order valence-electron chi connectivity index (χ3n) is 5.35. The van der Waals surface area contributed by atoms with Gasteiger partial charge in [-0.25, -0.2) is 9.59 Å². The van der Waals surface area contributed by atoms with Crippen LogP contribution in [-0.2, 0) is 4.74 Å². The van der Waals surface area contributed by atoms with Gasteiger partial charge in [-0.05, 0) is 31.4 Å². The Balaban J connectivity index is 1.99. The molecule has 1 amide bonds. The molecule has 15 heteroatoms. The summed E-state index contributed by atoms with van der Waals surface area (Å²) in [5.41, 5.74) is -2.48. The number of ether oxygens (including phenoxy) is 2. The number of aromatic amines is 1. The van der Waals surface area contributed by atoms with Gasteiger partial charge in [0.15, 0.2) is 12.0 Å². The van der Waals surface area contributed by atoms with Crippen LogP contribution in [0.15, 0.2) is 32.6 Å². The molecule has 2 heterocycles. The second-order valence-electron chi connectivity index (χ2n) is 8.60. The Labute approximate surface area is 231 Å². The summed E-state index contributed by atoms with van der Waals surface area (Å²) in [6.45, 7) is 7.49. The van der Waals surface area contributed by atoms with Crippen LogP contribution in [0.4, 0.5) is 4.79 Å². The molecule has 2 N–H and O–H groups in total. The van der Waals surface area contributed by atoms with Crippen LogP contribution in [0.25, 0.3) is 5.69 Å². The number of hydrogen-bond acceptors (Lipinski definition) is 9. The lowest BCUT2D eigenvalue weighted by Gasteiger charge is -2.19. The van der Waals surface area contributed by atoms with Crippen molar-refractivity contribution in [3.63, 3.8) is 0 Å². The van der Waals surface area contributed by atoms with Gasteiger partial charge >= 0.3 is 11.8 Å². The molecule has 13 nitrogen and oxygen atoms in total. The van der Waals surface area contributed by atoms with E-state index in [0.717, 1.165) is 22.2 Å². The molecule has 1 unspecified atom stereocenters. The Hall–Kier alpha value is -4.15. The van der Waals surface area contributed by atoms with E-state index in [4.69, 9.17) is 37.9 Å². The van der Waals surface area contributed by atoms with Crippen molar-refractivity contribution in [2.75, 3.05) is 6.54 Å². The summed E-state index contributed by atoms with van der Waals surface area (Å²) in [4.78, 5) is 51.0. The highest BCUT2D eigenvalue weighted by molar-refractivity contribution is 6.37. The van der Waals surface area contributed by atoms with E-state index in [2.05, 4.69) is 15.5 Å². The van der Waals surface area contributed by atoms with Gasteiger partial charge in [-0.1, -0.05) is 50.4 Å². The molecule has 2 aromatic heterocycles. The summed E-state index contributed by atoms with van der Waals surface area (Å²) in [6.07, 6.45) is -0.107. The second kappa shape index (κ2) is 12.6. The average molecular weight is 578 g/mol. The number of unbranched alkanes of at least 4 members (excludes halogenated alkanes) is 1. The number of hydrogen-bond donors (Lipinski definition) is 2. The summed E-state index contributed by atoms with van der Waals surface area (Å²) in [5, 5.41) is 19.4. The Morgan fingerprint density at radius 3 is 2.41 bits per heavy atom. The molecule has 206 valence electrons. The number of aromatic nitrogens is 5. The van der Waals surface area contributed by atoms with Gasteiger partial charge in [0, 0.05) is 18.2 Å². The van der Waals surface area contributed by atoms with Crippen molar-refractivity contribution in [2.24, 2.45) is 0 Å². The molecule has 0 aliphatic carbocycles. The van der Waals surface area contributed by atoms with Crippen LogP contribution in [-0.4, -0.2) is 37.2 Å². The first-order valence-corrected chi connectivity index (χ1v) is 12.6. The number of carbonyl (C=O) groups excluding carboxylic acids is 1. The number of carbonyl (C=O) groups is 1. The number of H-pyrrole nitrogens is 1. The van der Waals surface area contributed by atoms with Crippen molar-refractivity contribution in [1.82, 2.24) is 29.9 Å². The number of benzene rings is 1. The number of nitrogens with zero attached hydrogens (tertiary/aromatic N) is 5. The fourth-order valence-electron chi connectivity index (χ4n) is 3.35. The fraction of sp³-hybridized carbons (Fsp3) is 0.375.